The van der Waals surface area contributed by atoms with Crippen molar-refractivity contribution < 1.29 is 4.74 Å². The molecule has 8 heteroatoms. The van der Waals surface area contributed by atoms with Crippen LogP contribution in [0, 0.1) is 6.92 Å². The third-order valence-electron chi connectivity index (χ3n) is 5.00. The van der Waals surface area contributed by atoms with Crippen LogP contribution in [0.15, 0.2) is 36.0 Å². The van der Waals surface area contributed by atoms with Gasteiger partial charge in [-0.15, -0.1) is 11.3 Å². The largest absolute Gasteiger partial charge is 0.384 e. The molecule has 3 aromatic heterocycles. The van der Waals surface area contributed by atoms with Gasteiger partial charge in [-0.1, -0.05) is 6.07 Å². The summed E-state index contributed by atoms with van der Waals surface area (Å²) < 4.78 is 5.09. The number of rotatable bonds is 8. The Kier molecular flexibility index (Phi) is 6.43. The molecule has 0 amide bonds. The minimum Gasteiger partial charge on any atom is -0.384 e. The first-order valence-corrected chi connectivity index (χ1v) is 10.8. The topological polar surface area (TPSA) is 76.1 Å². The van der Waals surface area contributed by atoms with Crippen molar-refractivity contribution in [2.45, 2.75) is 38.8 Å². The summed E-state index contributed by atoms with van der Waals surface area (Å²) >= 11 is 1.60. The quantitative estimate of drug-likeness (QED) is 0.603. The van der Waals surface area contributed by atoms with Crippen molar-refractivity contribution in [1.82, 2.24) is 24.8 Å². The van der Waals surface area contributed by atoms with Crippen LogP contribution in [-0.4, -0.2) is 45.1 Å². The summed E-state index contributed by atoms with van der Waals surface area (Å²) in [7, 11) is 1.69. The van der Waals surface area contributed by atoms with E-state index in [2.05, 4.69) is 37.3 Å². The highest BCUT2D eigenvalue weighted by atomic mass is 32.1. The molecule has 0 radical (unpaired) electrons. The SMILES string of the molecule is COCCc1ncc(CN2CCC[C@H]2c2cccc(Nc3nc(C)cs3)n2)cn1. The Morgan fingerprint density at radius 1 is 1.24 bits per heavy atom. The van der Waals surface area contributed by atoms with Crippen LogP contribution in [0.4, 0.5) is 10.9 Å². The molecular weight excluding hydrogens is 384 g/mol. The highest BCUT2D eigenvalue weighted by Crippen LogP contribution is 2.33. The number of thiazole rings is 1. The summed E-state index contributed by atoms with van der Waals surface area (Å²) in [4.78, 5) is 20.7. The zero-order valence-electron chi connectivity index (χ0n) is 16.8. The minimum absolute atomic E-state index is 0.308. The second-order valence-corrected chi connectivity index (χ2v) is 8.10. The van der Waals surface area contributed by atoms with Crippen molar-refractivity contribution in [1.29, 1.82) is 0 Å². The van der Waals surface area contributed by atoms with E-state index < -0.39 is 0 Å². The number of nitrogens with zero attached hydrogens (tertiary/aromatic N) is 5. The predicted molar refractivity (Wildman–Crippen MR) is 114 cm³/mol. The number of hydrogen-bond acceptors (Lipinski definition) is 8. The van der Waals surface area contributed by atoms with Crippen LogP contribution in [0.3, 0.4) is 0 Å². The van der Waals surface area contributed by atoms with Crippen molar-refractivity contribution in [3.63, 3.8) is 0 Å². The molecule has 1 atom stereocenters. The average Bonchev–Trinajstić information content (AvgIpc) is 3.36. The molecule has 1 aliphatic heterocycles. The third kappa shape index (κ3) is 5.14. The lowest BCUT2D eigenvalue weighted by molar-refractivity contribution is 0.200. The summed E-state index contributed by atoms with van der Waals surface area (Å²) in [5.74, 6) is 1.67. The molecule has 29 heavy (non-hydrogen) atoms. The van der Waals surface area contributed by atoms with E-state index in [9.17, 15) is 0 Å². The predicted octanol–water partition coefficient (Wildman–Crippen LogP) is 3.91. The lowest BCUT2D eigenvalue weighted by Crippen LogP contribution is -2.24. The van der Waals surface area contributed by atoms with Gasteiger partial charge in [0.2, 0.25) is 0 Å². The maximum atomic E-state index is 5.09. The molecule has 152 valence electrons. The van der Waals surface area contributed by atoms with Gasteiger partial charge >= 0.3 is 0 Å². The van der Waals surface area contributed by atoms with Crippen molar-refractivity contribution in [2.24, 2.45) is 0 Å². The summed E-state index contributed by atoms with van der Waals surface area (Å²) in [6.07, 6.45) is 6.89. The maximum absolute atomic E-state index is 5.09. The first kappa shape index (κ1) is 19.9. The molecular formula is C21H26N6OS. The molecule has 4 rings (SSSR count). The summed E-state index contributed by atoms with van der Waals surface area (Å²) in [5, 5.41) is 6.23. The van der Waals surface area contributed by atoms with Gasteiger partial charge in [-0.05, 0) is 38.4 Å². The van der Waals surface area contributed by atoms with Crippen LogP contribution in [0.25, 0.3) is 0 Å². The van der Waals surface area contributed by atoms with E-state index in [4.69, 9.17) is 9.72 Å². The average molecular weight is 411 g/mol. The number of aromatic nitrogens is 4. The first-order valence-electron chi connectivity index (χ1n) is 9.90. The maximum Gasteiger partial charge on any atom is 0.188 e. The number of ether oxygens (including phenoxy) is 1. The Bertz CT molecular complexity index is 929. The van der Waals surface area contributed by atoms with E-state index in [1.807, 2.05) is 30.8 Å². The van der Waals surface area contributed by atoms with Crippen LogP contribution in [0.2, 0.25) is 0 Å². The lowest BCUT2D eigenvalue weighted by atomic mass is 10.1. The molecule has 0 unspecified atom stereocenters. The van der Waals surface area contributed by atoms with E-state index in [1.165, 1.54) is 6.42 Å². The number of methoxy groups -OCH3 is 1. The normalized spacial score (nSPS) is 17.0. The van der Waals surface area contributed by atoms with E-state index in [0.717, 1.165) is 59.7 Å². The monoisotopic (exact) mass is 410 g/mol. The van der Waals surface area contributed by atoms with E-state index in [1.54, 1.807) is 18.4 Å². The lowest BCUT2D eigenvalue weighted by Gasteiger charge is -2.24. The summed E-state index contributed by atoms with van der Waals surface area (Å²) in [6, 6.07) is 6.48. The zero-order valence-corrected chi connectivity index (χ0v) is 17.7. The zero-order chi connectivity index (χ0) is 20.1. The number of likely N-dealkylation sites (tertiary alicyclic amines) is 1. The van der Waals surface area contributed by atoms with Crippen LogP contribution >= 0.6 is 11.3 Å². The van der Waals surface area contributed by atoms with Gasteiger partial charge in [-0.2, -0.15) is 0 Å². The molecule has 1 aliphatic rings. The number of aryl methyl sites for hydroxylation is 1. The van der Waals surface area contributed by atoms with Crippen molar-refractivity contribution >= 4 is 22.3 Å². The van der Waals surface area contributed by atoms with Gasteiger partial charge in [0.05, 0.1) is 24.0 Å². The van der Waals surface area contributed by atoms with Gasteiger partial charge in [-0.25, -0.2) is 19.9 Å². The fourth-order valence-corrected chi connectivity index (χ4v) is 4.29. The van der Waals surface area contributed by atoms with Gasteiger partial charge in [0, 0.05) is 43.4 Å². The number of nitrogens with one attached hydrogen (secondary N) is 1. The molecule has 3 aromatic rings. The van der Waals surface area contributed by atoms with Gasteiger partial charge in [-0.3, -0.25) is 4.90 Å². The van der Waals surface area contributed by atoms with Gasteiger partial charge in [0.25, 0.3) is 0 Å². The molecule has 7 nitrogen and oxygen atoms in total. The van der Waals surface area contributed by atoms with Crippen LogP contribution < -0.4 is 5.32 Å². The Labute approximate surface area is 175 Å². The number of hydrogen-bond donors (Lipinski definition) is 1. The van der Waals surface area contributed by atoms with Crippen LogP contribution in [0.5, 0.6) is 0 Å². The molecule has 0 saturated carbocycles. The first-order chi connectivity index (χ1) is 14.2. The fourth-order valence-electron chi connectivity index (χ4n) is 3.60. The highest BCUT2D eigenvalue weighted by molar-refractivity contribution is 7.13. The van der Waals surface area contributed by atoms with Crippen molar-refractivity contribution in [3.8, 4) is 0 Å². The van der Waals surface area contributed by atoms with Crippen LogP contribution in [-0.2, 0) is 17.7 Å². The number of pyridine rings is 1. The second kappa shape index (κ2) is 9.39. The van der Waals surface area contributed by atoms with Gasteiger partial charge in [0.15, 0.2) is 5.13 Å². The Morgan fingerprint density at radius 2 is 2.10 bits per heavy atom. The second-order valence-electron chi connectivity index (χ2n) is 7.25. The molecule has 1 fully saturated rings. The van der Waals surface area contributed by atoms with Crippen molar-refractivity contribution in [3.05, 3.63) is 58.7 Å². The fraction of sp³-hybridized carbons (Fsp3) is 0.429. The van der Waals surface area contributed by atoms with Gasteiger partial charge < -0.3 is 10.1 Å². The summed E-state index contributed by atoms with van der Waals surface area (Å²) in [5.41, 5.74) is 3.25. The third-order valence-corrected chi connectivity index (χ3v) is 5.88. The Balaban J connectivity index is 1.43. The molecule has 0 aliphatic carbocycles. The smallest absolute Gasteiger partial charge is 0.188 e. The molecule has 0 aromatic carbocycles. The Hall–Kier alpha value is -2.42. The molecule has 0 bridgehead atoms. The van der Waals surface area contributed by atoms with Gasteiger partial charge in [0.1, 0.15) is 11.6 Å². The van der Waals surface area contributed by atoms with E-state index in [0.29, 0.717) is 12.6 Å². The van der Waals surface area contributed by atoms with E-state index in [-0.39, 0.29) is 0 Å². The molecule has 4 heterocycles. The minimum atomic E-state index is 0.308. The molecule has 1 N–H and O–H groups in total. The highest BCUT2D eigenvalue weighted by Gasteiger charge is 2.27. The van der Waals surface area contributed by atoms with E-state index >= 15 is 0 Å². The Morgan fingerprint density at radius 3 is 2.86 bits per heavy atom. The summed E-state index contributed by atoms with van der Waals surface area (Å²) in [6.45, 7) is 4.53. The molecule has 1 saturated heterocycles. The van der Waals surface area contributed by atoms with Crippen LogP contribution in [0.1, 0.15) is 41.7 Å². The standard InChI is InChI=1S/C21H26N6OS/c1-15-14-29-21(24-15)26-20-7-3-5-17(25-20)18-6-4-9-27(18)13-16-11-22-19(23-12-16)8-10-28-2/h3,5,7,11-12,14,18H,4,6,8-10,13H2,1-2H3,(H,24,25,26)/t18-/m0/s1. The number of anilines is 2. The molecule has 0 spiro atoms. The van der Waals surface area contributed by atoms with Crippen molar-refractivity contribution in [2.75, 3.05) is 25.6 Å².